The highest BCUT2D eigenvalue weighted by Crippen LogP contribution is 2.26. The summed E-state index contributed by atoms with van der Waals surface area (Å²) < 4.78 is 17.7. The van der Waals surface area contributed by atoms with Gasteiger partial charge in [0.1, 0.15) is 11.1 Å². The molecule has 0 unspecified atom stereocenters. The number of non-ortho nitro benzene ring substituents is 1. The van der Waals surface area contributed by atoms with Crippen LogP contribution in [0.4, 0.5) is 15.8 Å². The van der Waals surface area contributed by atoms with Crippen molar-refractivity contribution in [3.8, 4) is 0 Å². The second kappa shape index (κ2) is 8.95. The Bertz CT molecular complexity index is 796. The van der Waals surface area contributed by atoms with Crippen molar-refractivity contribution in [1.82, 2.24) is 0 Å². The summed E-state index contributed by atoms with van der Waals surface area (Å²) in [5, 5.41) is 12.5. The molecule has 0 aliphatic carbocycles. The van der Waals surface area contributed by atoms with Crippen molar-refractivity contribution < 1.29 is 23.6 Å². The minimum absolute atomic E-state index is 0.0398. The van der Waals surface area contributed by atoms with Crippen LogP contribution in [0.25, 0.3) is 0 Å². The number of nitrogens with one attached hydrogen (secondary N) is 1. The number of nitro benzene ring substituents is 1. The number of nitro groups is 1. The standard InChI is InChI=1S/C17H15FN2O5S/c1-11(26-15-8-6-14(7-9-15)20(23)24)17(22)25-10-16(21)19-13-4-2-12(18)3-5-13/h2-9,11H,10H2,1H3,(H,19,21)/t11-/m0/s1. The summed E-state index contributed by atoms with van der Waals surface area (Å²) >= 11 is 1.16. The lowest BCUT2D eigenvalue weighted by atomic mass is 10.3. The van der Waals surface area contributed by atoms with Crippen LogP contribution in [-0.2, 0) is 14.3 Å². The van der Waals surface area contributed by atoms with E-state index in [2.05, 4.69) is 5.32 Å². The molecule has 136 valence electrons. The zero-order valence-electron chi connectivity index (χ0n) is 13.7. The molecule has 26 heavy (non-hydrogen) atoms. The van der Waals surface area contributed by atoms with Crippen molar-refractivity contribution >= 4 is 35.0 Å². The highest BCUT2D eigenvalue weighted by atomic mass is 32.2. The molecule has 0 saturated carbocycles. The number of anilines is 1. The zero-order chi connectivity index (χ0) is 19.1. The van der Waals surface area contributed by atoms with Crippen LogP contribution >= 0.6 is 11.8 Å². The molecule has 0 heterocycles. The summed E-state index contributed by atoms with van der Waals surface area (Å²) in [4.78, 5) is 34.4. The van der Waals surface area contributed by atoms with Gasteiger partial charge in [-0.25, -0.2) is 4.39 Å². The number of carbonyl (C=O) groups excluding carboxylic acids is 2. The lowest BCUT2D eigenvalue weighted by Gasteiger charge is -2.11. The Morgan fingerprint density at radius 3 is 2.38 bits per heavy atom. The first-order chi connectivity index (χ1) is 12.3. The molecule has 1 N–H and O–H groups in total. The number of halogens is 1. The highest BCUT2D eigenvalue weighted by Gasteiger charge is 2.18. The van der Waals surface area contributed by atoms with E-state index in [1.807, 2.05) is 0 Å². The third-order valence-electron chi connectivity index (χ3n) is 3.17. The number of amides is 1. The van der Waals surface area contributed by atoms with Gasteiger partial charge in [0.15, 0.2) is 6.61 Å². The van der Waals surface area contributed by atoms with E-state index < -0.39 is 34.5 Å². The van der Waals surface area contributed by atoms with E-state index in [9.17, 15) is 24.1 Å². The minimum Gasteiger partial charge on any atom is -0.455 e. The maximum atomic E-state index is 12.8. The van der Waals surface area contributed by atoms with Gasteiger partial charge in [0.05, 0.1) is 4.92 Å². The number of thioether (sulfide) groups is 1. The summed E-state index contributed by atoms with van der Waals surface area (Å²) in [6.07, 6.45) is 0. The predicted molar refractivity (Wildman–Crippen MR) is 94.4 cm³/mol. The van der Waals surface area contributed by atoms with Crippen molar-refractivity contribution in [3.05, 3.63) is 64.5 Å². The number of hydrogen-bond donors (Lipinski definition) is 1. The number of nitrogens with zero attached hydrogens (tertiary/aromatic N) is 1. The summed E-state index contributed by atoms with van der Waals surface area (Å²) in [7, 11) is 0. The topological polar surface area (TPSA) is 98.5 Å². The molecule has 9 heteroatoms. The van der Waals surface area contributed by atoms with E-state index in [1.165, 1.54) is 48.5 Å². The highest BCUT2D eigenvalue weighted by molar-refractivity contribution is 8.00. The molecule has 0 aromatic heterocycles. The van der Waals surface area contributed by atoms with Gasteiger partial charge >= 0.3 is 5.97 Å². The fourth-order valence-corrected chi connectivity index (χ4v) is 2.75. The largest absolute Gasteiger partial charge is 0.455 e. The second-order valence-electron chi connectivity index (χ2n) is 5.17. The average Bonchev–Trinajstić information content (AvgIpc) is 2.62. The van der Waals surface area contributed by atoms with Gasteiger partial charge in [-0.05, 0) is 43.3 Å². The molecule has 0 bridgehead atoms. The number of rotatable bonds is 7. The monoisotopic (exact) mass is 378 g/mol. The summed E-state index contributed by atoms with van der Waals surface area (Å²) in [6, 6.07) is 10.9. The lowest BCUT2D eigenvalue weighted by Crippen LogP contribution is -2.24. The van der Waals surface area contributed by atoms with Crippen molar-refractivity contribution in [2.24, 2.45) is 0 Å². The van der Waals surface area contributed by atoms with Gasteiger partial charge in [0, 0.05) is 22.7 Å². The average molecular weight is 378 g/mol. The lowest BCUT2D eigenvalue weighted by molar-refractivity contribution is -0.384. The molecule has 0 aliphatic rings. The first kappa shape index (κ1) is 19.4. The molecule has 0 fully saturated rings. The third kappa shape index (κ3) is 5.85. The first-order valence-corrected chi connectivity index (χ1v) is 8.36. The SMILES string of the molecule is C[C@H](Sc1ccc([N+](=O)[O-])cc1)C(=O)OCC(=O)Nc1ccc(F)cc1. The third-order valence-corrected chi connectivity index (χ3v) is 4.26. The van der Waals surface area contributed by atoms with Crippen LogP contribution in [0.2, 0.25) is 0 Å². The molecular weight excluding hydrogens is 363 g/mol. The van der Waals surface area contributed by atoms with Gasteiger partial charge in [-0.2, -0.15) is 0 Å². The summed E-state index contributed by atoms with van der Waals surface area (Å²) in [5.41, 5.74) is 0.350. The van der Waals surface area contributed by atoms with Crippen molar-refractivity contribution in [1.29, 1.82) is 0 Å². The number of ether oxygens (including phenoxy) is 1. The number of carbonyl (C=O) groups is 2. The molecule has 2 aromatic rings. The minimum atomic E-state index is -0.602. The van der Waals surface area contributed by atoms with Crippen molar-refractivity contribution in [3.63, 3.8) is 0 Å². The fourth-order valence-electron chi connectivity index (χ4n) is 1.88. The molecule has 1 atom stereocenters. The quantitative estimate of drug-likeness (QED) is 0.343. The normalized spacial score (nSPS) is 11.5. The van der Waals surface area contributed by atoms with Crippen molar-refractivity contribution in [2.45, 2.75) is 17.1 Å². The van der Waals surface area contributed by atoms with E-state index in [0.717, 1.165) is 11.8 Å². The van der Waals surface area contributed by atoms with Crippen LogP contribution in [-0.4, -0.2) is 28.7 Å². The maximum Gasteiger partial charge on any atom is 0.319 e. The van der Waals surface area contributed by atoms with Gasteiger partial charge in [-0.1, -0.05) is 0 Å². The fraction of sp³-hybridized carbons (Fsp3) is 0.176. The van der Waals surface area contributed by atoms with Crippen LogP contribution in [0.5, 0.6) is 0 Å². The Labute approximate surface area is 152 Å². The summed E-state index contributed by atoms with van der Waals surface area (Å²) in [6.45, 7) is 1.13. The van der Waals surface area contributed by atoms with Crippen LogP contribution < -0.4 is 5.32 Å². The van der Waals surface area contributed by atoms with Crippen LogP contribution in [0, 0.1) is 15.9 Å². The summed E-state index contributed by atoms with van der Waals surface area (Å²) in [5.74, 6) is -1.56. The Morgan fingerprint density at radius 2 is 1.81 bits per heavy atom. The van der Waals surface area contributed by atoms with E-state index in [1.54, 1.807) is 6.92 Å². The van der Waals surface area contributed by atoms with Gasteiger partial charge in [0.25, 0.3) is 11.6 Å². The van der Waals surface area contributed by atoms with Crippen LogP contribution in [0.15, 0.2) is 53.4 Å². The Hall–Kier alpha value is -2.94. The van der Waals surface area contributed by atoms with Crippen LogP contribution in [0.1, 0.15) is 6.92 Å². The molecule has 7 nitrogen and oxygen atoms in total. The molecule has 0 radical (unpaired) electrons. The Morgan fingerprint density at radius 1 is 1.19 bits per heavy atom. The molecule has 0 saturated heterocycles. The Kier molecular flexibility index (Phi) is 6.67. The smallest absolute Gasteiger partial charge is 0.319 e. The second-order valence-corrected chi connectivity index (χ2v) is 6.59. The van der Waals surface area contributed by atoms with E-state index >= 15 is 0 Å². The van der Waals surface area contributed by atoms with Gasteiger partial charge in [-0.15, -0.1) is 11.8 Å². The van der Waals surface area contributed by atoms with Crippen LogP contribution in [0.3, 0.4) is 0 Å². The number of hydrogen-bond acceptors (Lipinski definition) is 6. The molecular formula is C17H15FN2O5S. The van der Waals surface area contributed by atoms with E-state index in [-0.39, 0.29) is 5.69 Å². The van der Waals surface area contributed by atoms with Crippen molar-refractivity contribution in [2.75, 3.05) is 11.9 Å². The number of esters is 1. The molecule has 2 rings (SSSR count). The van der Waals surface area contributed by atoms with E-state index in [0.29, 0.717) is 10.6 Å². The maximum absolute atomic E-state index is 12.8. The number of benzene rings is 2. The molecule has 1 amide bonds. The molecule has 0 spiro atoms. The van der Waals surface area contributed by atoms with Gasteiger partial charge in [0.2, 0.25) is 0 Å². The van der Waals surface area contributed by atoms with E-state index in [4.69, 9.17) is 4.74 Å². The Balaban J connectivity index is 1.79. The van der Waals surface area contributed by atoms with Gasteiger partial charge < -0.3 is 10.1 Å². The first-order valence-electron chi connectivity index (χ1n) is 7.48. The molecule has 2 aromatic carbocycles. The predicted octanol–water partition coefficient (Wildman–Crippen LogP) is 3.40. The van der Waals surface area contributed by atoms with Gasteiger partial charge in [-0.3, -0.25) is 19.7 Å². The molecule has 0 aliphatic heterocycles. The zero-order valence-corrected chi connectivity index (χ0v) is 14.5.